The topological polar surface area (TPSA) is 0 Å². The van der Waals surface area contributed by atoms with Crippen molar-refractivity contribution in [2.75, 3.05) is 0 Å². The zero-order valence-corrected chi connectivity index (χ0v) is 7.81. The minimum Gasteiger partial charge on any atom is -0.0956 e. The summed E-state index contributed by atoms with van der Waals surface area (Å²) >= 11 is 0. The molecule has 2 fully saturated rings. The molecule has 0 N–H and O–H groups in total. The second kappa shape index (κ2) is 3.08. The Morgan fingerprint density at radius 3 is 2.75 bits per heavy atom. The lowest BCUT2D eigenvalue weighted by Gasteiger charge is -2.26. The summed E-state index contributed by atoms with van der Waals surface area (Å²) in [6.45, 7) is 8.29. The van der Waals surface area contributed by atoms with Crippen molar-refractivity contribution in [1.29, 1.82) is 0 Å². The van der Waals surface area contributed by atoms with E-state index in [-0.39, 0.29) is 0 Å². The molecule has 0 saturated heterocycles. The predicted octanol–water partition coefficient (Wildman–Crippen LogP) is 3.70. The SMILES string of the molecule is C=C1CCC2CCCC(C2)C1=C. The Morgan fingerprint density at radius 1 is 1.08 bits per heavy atom. The van der Waals surface area contributed by atoms with Crippen LogP contribution >= 0.6 is 0 Å². The van der Waals surface area contributed by atoms with Crippen LogP contribution in [0.3, 0.4) is 0 Å². The van der Waals surface area contributed by atoms with Gasteiger partial charge in [-0.15, -0.1) is 0 Å². The highest BCUT2D eigenvalue weighted by atomic mass is 14.3. The molecule has 2 unspecified atom stereocenters. The Morgan fingerprint density at radius 2 is 1.92 bits per heavy atom. The Labute approximate surface area is 75.4 Å². The van der Waals surface area contributed by atoms with Gasteiger partial charge in [0.1, 0.15) is 0 Å². The predicted molar refractivity (Wildman–Crippen MR) is 53.0 cm³/mol. The fraction of sp³-hybridized carbons (Fsp3) is 0.667. The smallest absolute Gasteiger partial charge is 0.0163 e. The molecule has 2 aliphatic carbocycles. The van der Waals surface area contributed by atoms with Crippen LogP contribution < -0.4 is 0 Å². The Bertz CT molecular complexity index is 212. The summed E-state index contributed by atoms with van der Waals surface area (Å²) in [4.78, 5) is 0. The van der Waals surface area contributed by atoms with E-state index in [2.05, 4.69) is 13.2 Å². The van der Waals surface area contributed by atoms with Gasteiger partial charge in [0.2, 0.25) is 0 Å². The van der Waals surface area contributed by atoms with Gasteiger partial charge in [-0.3, -0.25) is 0 Å². The van der Waals surface area contributed by atoms with Crippen molar-refractivity contribution in [3.63, 3.8) is 0 Å². The molecule has 2 atom stereocenters. The van der Waals surface area contributed by atoms with Crippen LogP contribution in [0.5, 0.6) is 0 Å². The van der Waals surface area contributed by atoms with Gasteiger partial charge in [-0.2, -0.15) is 0 Å². The Hall–Kier alpha value is -0.520. The first kappa shape index (κ1) is 8.10. The van der Waals surface area contributed by atoms with E-state index >= 15 is 0 Å². The first-order chi connectivity index (χ1) is 5.77. The maximum atomic E-state index is 4.18. The summed E-state index contributed by atoms with van der Waals surface area (Å²) in [5.74, 6) is 1.78. The van der Waals surface area contributed by atoms with Crippen LogP contribution in [0, 0.1) is 11.8 Å². The normalized spacial score (nSPS) is 36.3. The van der Waals surface area contributed by atoms with Crippen LogP contribution in [0.1, 0.15) is 38.5 Å². The summed E-state index contributed by atoms with van der Waals surface area (Å²) in [6, 6.07) is 0. The first-order valence-corrected chi connectivity index (χ1v) is 5.14. The lowest BCUT2D eigenvalue weighted by atomic mass is 9.79. The average molecular weight is 162 g/mol. The fourth-order valence-corrected chi connectivity index (χ4v) is 2.70. The molecule has 0 heteroatoms. The molecule has 0 aliphatic heterocycles. The van der Waals surface area contributed by atoms with E-state index in [0.717, 1.165) is 11.8 Å². The van der Waals surface area contributed by atoms with Crippen molar-refractivity contribution >= 4 is 0 Å². The molecule has 2 bridgehead atoms. The first-order valence-electron chi connectivity index (χ1n) is 5.14. The van der Waals surface area contributed by atoms with Crippen molar-refractivity contribution in [3.8, 4) is 0 Å². The van der Waals surface area contributed by atoms with Gasteiger partial charge in [-0.1, -0.05) is 31.6 Å². The molecule has 2 saturated carbocycles. The van der Waals surface area contributed by atoms with Gasteiger partial charge in [0, 0.05) is 0 Å². The van der Waals surface area contributed by atoms with Gasteiger partial charge in [-0.05, 0) is 43.1 Å². The van der Waals surface area contributed by atoms with Gasteiger partial charge in [0.15, 0.2) is 0 Å². The monoisotopic (exact) mass is 162 g/mol. The summed E-state index contributed by atoms with van der Waals surface area (Å²) < 4.78 is 0. The van der Waals surface area contributed by atoms with Crippen molar-refractivity contribution in [3.05, 3.63) is 24.3 Å². The van der Waals surface area contributed by atoms with Crippen molar-refractivity contribution in [1.82, 2.24) is 0 Å². The summed E-state index contributed by atoms with van der Waals surface area (Å²) in [7, 11) is 0. The van der Waals surface area contributed by atoms with Gasteiger partial charge in [0.25, 0.3) is 0 Å². The quantitative estimate of drug-likeness (QED) is 0.509. The molecule has 0 radical (unpaired) electrons. The molecule has 0 heterocycles. The Kier molecular flexibility index (Phi) is 2.08. The summed E-state index contributed by atoms with van der Waals surface area (Å²) in [5.41, 5.74) is 2.71. The number of fused-ring (bicyclic) bond motifs is 2. The van der Waals surface area contributed by atoms with E-state index in [1.807, 2.05) is 0 Å². The zero-order chi connectivity index (χ0) is 8.55. The number of rotatable bonds is 0. The van der Waals surface area contributed by atoms with Crippen LogP contribution in [-0.2, 0) is 0 Å². The molecule has 2 rings (SSSR count). The van der Waals surface area contributed by atoms with Crippen LogP contribution in [0.4, 0.5) is 0 Å². The van der Waals surface area contributed by atoms with E-state index in [4.69, 9.17) is 0 Å². The van der Waals surface area contributed by atoms with E-state index < -0.39 is 0 Å². The highest BCUT2D eigenvalue weighted by Gasteiger charge is 2.27. The largest absolute Gasteiger partial charge is 0.0956 e. The molecule has 66 valence electrons. The maximum Gasteiger partial charge on any atom is -0.0163 e. The van der Waals surface area contributed by atoms with Gasteiger partial charge in [0.05, 0.1) is 0 Å². The average Bonchev–Trinajstić information content (AvgIpc) is 2.20. The van der Waals surface area contributed by atoms with Gasteiger partial charge < -0.3 is 0 Å². The van der Waals surface area contributed by atoms with Crippen molar-refractivity contribution in [2.24, 2.45) is 11.8 Å². The van der Waals surface area contributed by atoms with Crippen LogP contribution in [0.15, 0.2) is 24.3 Å². The number of allylic oxidation sites excluding steroid dienone is 2. The van der Waals surface area contributed by atoms with Crippen molar-refractivity contribution < 1.29 is 0 Å². The molecule has 12 heavy (non-hydrogen) atoms. The number of hydrogen-bond donors (Lipinski definition) is 0. The molecular formula is C12H18. The third kappa shape index (κ3) is 1.35. The molecule has 0 aromatic heterocycles. The van der Waals surface area contributed by atoms with E-state index in [9.17, 15) is 0 Å². The third-order valence-corrected chi connectivity index (χ3v) is 3.58. The minimum atomic E-state index is 0.791. The maximum absolute atomic E-state index is 4.18. The molecule has 0 spiro atoms. The van der Waals surface area contributed by atoms with Gasteiger partial charge in [-0.25, -0.2) is 0 Å². The van der Waals surface area contributed by atoms with E-state index in [1.165, 1.54) is 49.7 Å². The summed E-state index contributed by atoms with van der Waals surface area (Å²) in [6.07, 6.45) is 8.22. The van der Waals surface area contributed by atoms with Crippen LogP contribution in [0.2, 0.25) is 0 Å². The molecule has 0 amide bonds. The molecular weight excluding hydrogens is 144 g/mol. The van der Waals surface area contributed by atoms with Gasteiger partial charge >= 0.3 is 0 Å². The second-order valence-corrected chi connectivity index (χ2v) is 4.40. The molecule has 0 aromatic rings. The highest BCUT2D eigenvalue weighted by molar-refractivity contribution is 5.29. The second-order valence-electron chi connectivity index (χ2n) is 4.40. The zero-order valence-electron chi connectivity index (χ0n) is 7.81. The molecule has 0 nitrogen and oxygen atoms in total. The standard InChI is InChI=1S/C12H18/c1-9-6-7-11-4-3-5-12(8-11)10(9)2/h11-12H,1-8H2. The third-order valence-electron chi connectivity index (χ3n) is 3.58. The van der Waals surface area contributed by atoms with Crippen molar-refractivity contribution in [2.45, 2.75) is 38.5 Å². The van der Waals surface area contributed by atoms with Crippen LogP contribution in [0.25, 0.3) is 0 Å². The lowest BCUT2D eigenvalue weighted by molar-refractivity contribution is 0.298. The lowest BCUT2D eigenvalue weighted by Crippen LogP contribution is -2.13. The summed E-state index contributed by atoms with van der Waals surface area (Å²) in [5, 5.41) is 0. The molecule has 0 aromatic carbocycles. The number of hydrogen-bond acceptors (Lipinski definition) is 0. The minimum absolute atomic E-state index is 0.791. The highest BCUT2D eigenvalue weighted by Crippen LogP contribution is 2.41. The van der Waals surface area contributed by atoms with E-state index in [0.29, 0.717) is 0 Å². The van der Waals surface area contributed by atoms with E-state index in [1.54, 1.807) is 0 Å². The molecule has 2 aliphatic rings. The van der Waals surface area contributed by atoms with Crippen LogP contribution in [-0.4, -0.2) is 0 Å². The Balaban J connectivity index is 2.17. The fourth-order valence-electron chi connectivity index (χ4n) is 2.70.